The molecule has 0 spiro atoms. The number of aryl methyl sites for hydroxylation is 1. The third-order valence-electron chi connectivity index (χ3n) is 5.44. The van der Waals surface area contributed by atoms with Gasteiger partial charge in [-0.3, -0.25) is 4.79 Å². The second kappa shape index (κ2) is 8.36. The van der Waals surface area contributed by atoms with E-state index in [9.17, 15) is 4.79 Å². The van der Waals surface area contributed by atoms with Gasteiger partial charge in [0.15, 0.2) is 0 Å². The van der Waals surface area contributed by atoms with Crippen molar-refractivity contribution in [3.63, 3.8) is 0 Å². The Hall–Kier alpha value is -1.33. The average Bonchev–Trinajstić information content (AvgIpc) is 2.74. The zero-order chi connectivity index (χ0) is 20.3. The van der Waals surface area contributed by atoms with Gasteiger partial charge < -0.3 is 14.0 Å². The van der Waals surface area contributed by atoms with E-state index in [1.807, 2.05) is 26.8 Å². The zero-order valence-electron chi connectivity index (χ0n) is 18.0. The Morgan fingerprint density at radius 3 is 2.11 bits per heavy atom. The van der Waals surface area contributed by atoms with Gasteiger partial charge in [-0.15, -0.1) is 0 Å². The highest BCUT2D eigenvalue weighted by Gasteiger charge is 2.53. The number of esters is 1. The summed E-state index contributed by atoms with van der Waals surface area (Å²) in [7, 11) is -0.304. The Balaban J connectivity index is 2.03. The lowest BCUT2D eigenvalue weighted by Gasteiger charge is -2.32. The summed E-state index contributed by atoms with van der Waals surface area (Å²) in [6.07, 6.45) is 2.91. The van der Waals surface area contributed by atoms with E-state index < -0.39 is 5.60 Å². The molecule has 1 heterocycles. The lowest BCUT2D eigenvalue weighted by Crippen LogP contribution is -2.41. The Kier molecular flexibility index (Phi) is 6.80. The molecule has 150 valence electrons. The highest BCUT2D eigenvalue weighted by Crippen LogP contribution is 2.42. The molecule has 1 aliphatic rings. The quantitative estimate of drug-likeness (QED) is 0.486. The fourth-order valence-electron chi connectivity index (χ4n) is 3.19. The predicted octanol–water partition coefficient (Wildman–Crippen LogP) is 5.20. The van der Waals surface area contributed by atoms with Crippen molar-refractivity contribution in [1.29, 1.82) is 0 Å². The first-order valence-electron chi connectivity index (χ1n) is 10.0. The van der Waals surface area contributed by atoms with Crippen LogP contribution in [-0.2, 0) is 25.3 Å². The van der Waals surface area contributed by atoms with Crippen LogP contribution in [0.15, 0.2) is 30.3 Å². The van der Waals surface area contributed by atoms with E-state index in [1.54, 1.807) is 0 Å². The van der Waals surface area contributed by atoms with Gasteiger partial charge in [0.25, 0.3) is 0 Å². The van der Waals surface area contributed by atoms with Crippen molar-refractivity contribution in [2.45, 2.75) is 96.8 Å². The van der Waals surface area contributed by atoms with Crippen LogP contribution in [0.5, 0.6) is 0 Å². The molecule has 0 bridgehead atoms. The van der Waals surface area contributed by atoms with Gasteiger partial charge in [-0.05, 0) is 79.1 Å². The Morgan fingerprint density at radius 1 is 1.04 bits per heavy atom. The summed E-state index contributed by atoms with van der Waals surface area (Å²) < 4.78 is 18.0. The minimum atomic E-state index is -0.457. The van der Waals surface area contributed by atoms with Gasteiger partial charge in [0, 0.05) is 6.42 Å². The monoisotopic (exact) mass is 374 g/mol. The fourth-order valence-corrected chi connectivity index (χ4v) is 3.19. The smallest absolute Gasteiger partial charge is 0.460 e. The molecular formula is C22H35BO4. The highest BCUT2D eigenvalue weighted by atomic mass is 16.7. The van der Waals surface area contributed by atoms with E-state index in [4.69, 9.17) is 14.0 Å². The molecule has 2 rings (SSSR count). The number of hydrogen-bond acceptors (Lipinski definition) is 4. The summed E-state index contributed by atoms with van der Waals surface area (Å²) in [5.74, 6) is -0.0255. The van der Waals surface area contributed by atoms with Crippen LogP contribution in [0.3, 0.4) is 0 Å². The zero-order valence-corrected chi connectivity index (χ0v) is 18.0. The minimum Gasteiger partial charge on any atom is -0.460 e. The number of benzene rings is 1. The van der Waals surface area contributed by atoms with Crippen molar-refractivity contribution in [2.75, 3.05) is 0 Å². The van der Waals surface area contributed by atoms with Gasteiger partial charge in [-0.1, -0.05) is 30.3 Å². The Morgan fingerprint density at radius 2 is 1.59 bits per heavy atom. The molecule has 1 saturated heterocycles. The van der Waals surface area contributed by atoms with Crippen LogP contribution >= 0.6 is 0 Å². The van der Waals surface area contributed by atoms with E-state index in [0.29, 0.717) is 12.8 Å². The molecule has 1 aliphatic heterocycles. The summed E-state index contributed by atoms with van der Waals surface area (Å²) in [5.41, 5.74) is 0.0979. The average molecular weight is 374 g/mol. The van der Waals surface area contributed by atoms with Gasteiger partial charge in [0.1, 0.15) is 5.60 Å². The lowest BCUT2D eigenvalue weighted by atomic mass is 9.66. The molecule has 4 nitrogen and oxygen atoms in total. The van der Waals surface area contributed by atoms with Crippen LogP contribution in [-0.4, -0.2) is 29.9 Å². The van der Waals surface area contributed by atoms with Crippen molar-refractivity contribution in [3.05, 3.63) is 35.9 Å². The first kappa shape index (κ1) is 22.0. The molecule has 1 aromatic rings. The van der Waals surface area contributed by atoms with Gasteiger partial charge in [0.2, 0.25) is 0 Å². The highest BCUT2D eigenvalue weighted by molar-refractivity contribution is 6.47. The maximum Gasteiger partial charge on any atom is 0.461 e. The second-order valence-corrected chi connectivity index (χ2v) is 9.53. The SMILES string of the molecule is CC(C)(C)OC(=O)CC[C@H](CCc1ccccc1)B1OC(C)(C)C(C)(C)O1. The first-order valence-corrected chi connectivity index (χ1v) is 10.0. The van der Waals surface area contributed by atoms with Crippen molar-refractivity contribution in [1.82, 2.24) is 0 Å². The first-order chi connectivity index (χ1) is 12.4. The summed E-state index contributed by atoms with van der Waals surface area (Å²) in [6, 6.07) is 10.4. The van der Waals surface area contributed by atoms with Crippen molar-refractivity contribution in [3.8, 4) is 0 Å². The molecule has 0 aliphatic carbocycles. The second-order valence-electron chi connectivity index (χ2n) is 9.53. The summed E-state index contributed by atoms with van der Waals surface area (Å²) in [5, 5.41) is 0. The number of rotatable bonds is 7. The van der Waals surface area contributed by atoms with Crippen molar-refractivity contribution >= 4 is 13.1 Å². The van der Waals surface area contributed by atoms with Gasteiger partial charge >= 0.3 is 13.1 Å². The molecule has 27 heavy (non-hydrogen) atoms. The summed E-state index contributed by atoms with van der Waals surface area (Å²) in [6.45, 7) is 13.9. The van der Waals surface area contributed by atoms with Gasteiger partial charge in [0.05, 0.1) is 11.2 Å². The number of carbonyl (C=O) groups excluding carboxylic acids is 1. The van der Waals surface area contributed by atoms with Gasteiger partial charge in [-0.25, -0.2) is 0 Å². The predicted molar refractivity (Wildman–Crippen MR) is 110 cm³/mol. The van der Waals surface area contributed by atoms with Gasteiger partial charge in [-0.2, -0.15) is 0 Å². The molecule has 1 atom stereocenters. The third kappa shape index (κ3) is 6.36. The maximum atomic E-state index is 12.2. The summed E-state index contributed by atoms with van der Waals surface area (Å²) >= 11 is 0. The van der Waals surface area contributed by atoms with Crippen LogP contribution in [0, 0.1) is 0 Å². The summed E-state index contributed by atoms with van der Waals surface area (Å²) in [4.78, 5) is 12.2. The number of hydrogen-bond donors (Lipinski definition) is 0. The van der Waals surface area contributed by atoms with Crippen LogP contribution in [0.2, 0.25) is 5.82 Å². The third-order valence-corrected chi connectivity index (χ3v) is 5.44. The van der Waals surface area contributed by atoms with Crippen LogP contribution in [0.4, 0.5) is 0 Å². The van der Waals surface area contributed by atoms with Crippen LogP contribution in [0.25, 0.3) is 0 Å². The Labute approximate surface area is 165 Å². The fraction of sp³-hybridized carbons (Fsp3) is 0.682. The van der Waals surface area contributed by atoms with Crippen LogP contribution in [0.1, 0.15) is 73.3 Å². The van der Waals surface area contributed by atoms with E-state index in [-0.39, 0.29) is 30.1 Å². The molecule has 5 heteroatoms. The number of ether oxygens (including phenoxy) is 1. The normalized spacial score (nSPS) is 19.7. The molecule has 0 radical (unpaired) electrons. The topological polar surface area (TPSA) is 44.8 Å². The lowest BCUT2D eigenvalue weighted by molar-refractivity contribution is -0.154. The van der Waals surface area contributed by atoms with E-state index >= 15 is 0 Å². The molecular weight excluding hydrogens is 339 g/mol. The van der Waals surface area contributed by atoms with Crippen molar-refractivity contribution < 1.29 is 18.8 Å². The van der Waals surface area contributed by atoms with Crippen molar-refractivity contribution in [2.24, 2.45) is 0 Å². The van der Waals surface area contributed by atoms with E-state index in [0.717, 1.165) is 12.8 Å². The molecule has 0 amide bonds. The molecule has 1 aromatic carbocycles. The Bertz CT molecular complexity index is 603. The van der Waals surface area contributed by atoms with E-state index in [1.165, 1.54) is 5.56 Å². The number of carbonyl (C=O) groups is 1. The standard InChI is InChI=1S/C22H35BO4/c1-20(2,3)25-19(24)16-15-18(14-13-17-11-9-8-10-12-17)23-26-21(4,5)22(6,7)27-23/h8-12,18H,13-16H2,1-7H3/t18-/m0/s1. The molecule has 0 unspecified atom stereocenters. The molecule has 1 fully saturated rings. The maximum absolute atomic E-state index is 12.2. The van der Waals surface area contributed by atoms with Crippen LogP contribution < -0.4 is 0 Å². The molecule has 0 N–H and O–H groups in total. The molecule has 0 aromatic heterocycles. The largest absolute Gasteiger partial charge is 0.461 e. The minimum absolute atomic E-state index is 0.138. The molecule has 0 saturated carbocycles. The van der Waals surface area contributed by atoms with E-state index in [2.05, 4.69) is 52.0 Å².